The summed E-state index contributed by atoms with van der Waals surface area (Å²) in [5, 5.41) is 4.71. The molecule has 0 aliphatic rings. The van der Waals surface area contributed by atoms with E-state index in [2.05, 4.69) is 10.3 Å². The molecule has 0 spiro atoms. The van der Waals surface area contributed by atoms with Crippen LogP contribution in [0.1, 0.15) is 25.1 Å². The Morgan fingerprint density at radius 2 is 2.15 bits per heavy atom. The standard InChI is InChI=1S/C13H18F3N3O/c1-3-10-5-4-6-17-11(10)7-18-9(2)12(20)19-8-13(14,15)16/h4-6,9,18H,3,7-8H2,1-2H3,(H,19,20). The number of nitrogens with zero attached hydrogens (tertiary/aromatic N) is 1. The van der Waals surface area contributed by atoms with Crippen molar-refractivity contribution in [2.45, 2.75) is 39.0 Å². The van der Waals surface area contributed by atoms with Crippen LogP contribution in [0.25, 0.3) is 0 Å². The zero-order chi connectivity index (χ0) is 15.2. The number of aromatic nitrogens is 1. The summed E-state index contributed by atoms with van der Waals surface area (Å²) >= 11 is 0. The summed E-state index contributed by atoms with van der Waals surface area (Å²) in [6.45, 7) is 2.52. The Morgan fingerprint density at radius 3 is 2.75 bits per heavy atom. The van der Waals surface area contributed by atoms with Gasteiger partial charge in [0.1, 0.15) is 6.54 Å². The lowest BCUT2D eigenvalue weighted by atomic mass is 10.1. The lowest BCUT2D eigenvalue weighted by molar-refractivity contribution is -0.139. The van der Waals surface area contributed by atoms with Crippen LogP contribution in [0.2, 0.25) is 0 Å². The number of hydrogen-bond acceptors (Lipinski definition) is 3. The van der Waals surface area contributed by atoms with E-state index in [9.17, 15) is 18.0 Å². The molecule has 0 saturated carbocycles. The number of carbonyl (C=O) groups excluding carboxylic acids is 1. The Balaban J connectivity index is 2.46. The molecule has 0 aliphatic heterocycles. The highest BCUT2D eigenvalue weighted by molar-refractivity contribution is 5.81. The minimum Gasteiger partial charge on any atom is -0.346 e. The second-order valence-corrected chi connectivity index (χ2v) is 4.40. The Hall–Kier alpha value is -1.63. The van der Waals surface area contributed by atoms with Gasteiger partial charge in [-0.3, -0.25) is 9.78 Å². The zero-order valence-electron chi connectivity index (χ0n) is 11.4. The molecule has 1 aromatic heterocycles. The van der Waals surface area contributed by atoms with Crippen molar-refractivity contribution in [1.29, 1.82) is 0 Å². The summed E-state index contributed by atoms with van der Waals surface area (Å²) in [5.41, 5.74) is 1.84. The molecule has 0 bridgehead atoms. The fraction of sp³-hybridized carbons (Fsp3) is 0.538. The van der Waals surface area contributed by atoms with Crippen molar-refractivity contribution >= 4 is 5.91 Å². The molecule has 1 amide bonds. The highest BCUT2D eigenvalue weighted by atomic mass is 19.4. The number of pyridine rings is 1. The van der Waals surface area contributed by atoms with Gasteiger partial charge in [-0.1, -0.05) is 13.0 Å². The lowest BCUT2D eigenvalue weighted by Gasteiger charge is -2.15. The molecule has 4 nitrogen and oxygen atoms in total. The molecule has 0 radical (unpaired) electrons. The van der Waals surface area contributed by atoms with Gasteiger partial charge in [-0.2, -0.15) is 13.2 Å². The van der Waals surface area contributed by atoms with Crippen molar-refractivity contribution in [2.24, 2.45) is 0 Å². The molecule has 0 fully saturated rings. The van der Waals surface area contributed by atoms with Crippen LogP contribution < -0.4 is 10.6 Å². The number of amides is 1. The Morgan fingerprint density at radius 1 is 1.45 bits per heavy atom. The average molecular weight is 289 g/mol. The summed E-state index contributed by atoms with van der Waals surface area (Å²) in [5.74, 6) is -0.684. The number of hydrogen-bond donors (Lipinski definition) is 2. The Labute approximate surface area is 115 Å². The fourth-order valence-electron chi connectivity index (χ4n) is 1.64. The molecular weight excluding hydrogens is 271 g/mol. The first-order valence-corrected chi connectivity index (χ1v) is 6.34. The maximum Gasteiger partial charge on any atom is 0.405 e. The van der Waals surface area contributed by atoms with Crippen LogP contribution in [0.4, 0.5) is 13.2 Å². The summed E-state index contributed by atoms with van der Waals surface area (Å²) in [6, 6.07) is 3.03. The minimum absolute atomic E-state index is 0.338. The second-order valence-electron chi connectivity index (χ2n) is 4.40. The Kier molecular flexibility index (Phi) is 5.94. The third kappa shape index (κ3) is 5.56. The maximum absolute atomic E-state index is 12.0. The molecule has 2 N–H and O–H groups in total. The molecule has 112 valence electrons. The zero-order valence-corrected chi connectivity index (χ0v) is 11.4. The van der Waals surface area contributed by atoms with Gasteiger partial charge in [-0.15, -0.1) is 0 Å². The van der Waals surface area contributed by atoms with Crippen LogP contribution in [-0.4, -0.2) is 29.7 Å². The molecule has 0 aliphatic carbocycles. The quantitative estimate of drug-likeness (QED) is 0.839. The largest absolute Gasteiger partial charge is 0.405 e. The third-order valence-electron chi connectivity index (χ3n) is 2.80. The molecule has 1 atom stereocenters. The normalized spacial score (nSPS) is 13.1. The molecular formula is C13H18F3N3O. The molecule has 1 unspecified atom stereocenters. The van der Waals surface area contributed by atoms with Crippen molar-refractivity contribution in [1.82, 2.24) is 15.6 Å². The smallest absolute Gasteiger partial charge is 0.346 e. The van der Waals surface area contributed by atoms with E-state index in [-0.39, 0.29) is 0 Å². The number of carbonyl (C=O) groups is 1. The summed E-state index contributed by atoms with van der Waals surface area (Å²) < 4.78 is 36.0. The molecule has 0 saturated heterocycles. The van der Waals surface area contributed by atoms with Crippen LogP contribution in [0.15, 0.2) is 18.3 Å². The van der Waals surface area contributed by atoms with Gasteiger partial charge in [0.15, 0.2) is 0 Å². The Bertz CT molecular complexity index is 449. The van der Waals surface area contributed by atoms with Crippen LogP contribution in [0.5, 0.6) is 0 Å². The first-order chi connectivity index (χ1) is 9.33. The van der Waals surface area contributed by atoms with E-state index in [1.54, 1.807) is 6.20 Å². The van der Waals surface area contributed by atoms with Gasteiger partial charge in [0, 0.05) is 12.7 Å². The summed E-state index contributed by atoms with van der Waals surface area (Å²) in [6.07, 6.45) is -1.95. The van der Waals surface area contributed by atoms with E-state index in [0.29, 0.717) is 6.54 Å². The van der Waals surface area contributed by atoms with Gasteiger partial charge in [0.2, 0.25) is 5.91 Å². The van der Waals surface area contributed by atoms with Gasteiger partial charge in [-0.05, 0) is 25.0 Å². The number of nitrogens with one attached hydrogen (secondary N) is 2. The van der Waals surface area contributed by atoms with E-state index in [0.717, 1.165) is 17.7 Å². The second kappa shape index (κ2) is 7.23. The van der Waals surface area contributed by atoms with Gasteiger partial charge in [-0.25, -0.2) is 0 Å². The van der Waals surface area contributed by atoms with Crippen LogP contribution in [0, 0.1) is 0 Å². The van der Waals surface area contributed by atoms with Crippen LogP contribution >= 0.6 is 0 Å². The molecule has 7 heteroatoms. The van der Waals surface area contributed by atoms with Crippen molar-refractivity contribution in [3.63, 3.8) is 0 Å². The van der Waals surface area contributed by atoms with Gasteiger partial charge in [0.05, 0.1) is 11.7 Å². The molecule has 1 aromatic rings. The van der Waals surface area contributed by atoms with Crippen molar-refractivity contribution in [2.75, 3.05) is 6.54 Å². The lowest BCUT2D eigenvalue weighted by Crippen LogP contribution is -2.45. The van der Waals surface area contributed by atoms with E-state index >= 15 is 0 Å². The summed E-state index contributed by atoms with van der Waals surface area (Å²) in [7, 11) is 0. The average Bonchev–Trinajstić information content (AvgIpc) is 2.41. The van der Waals surface area contributed by atoms with Crippen LogP contribution in [0.3, 0.4) is 0 Å². The topological polar surface area (TPSA) is 54.0 Å². The van der Waals surface area contributed by atoms with Gasteiger partial charge >= 0.3 is 6.18 Å². The predicted octanol–water partition coefficient (Wildman–Crippen LogP) is 1.80. The van der Waals surface area contributed by atoms with E-state index in [1.165, 1.54) is 6.92 Å². The highest BCUT2D eigenvalue weighted by Crippen LogP contribution is 2.12. The maximum atomic E-state index is 12.0. The van der Waals surface area contributed by atoms with Crippen molar-refractivity contribution in [3.05, 3.63) is 29.6 Å². The number of alkyl halides is 3. The molecule has 1 heterocycles. The number of rotatable bonds is 6. The number of halogens is 3. The monoisotopic (exact) mass is 289 g/mol. The predicted molar refractivity (Wildman–Crippen MR) is 69.0 cm³/mol. The van der Waals surface area contributed by atoms with E-state index < -0.39 is 24.7 Å². The molecule has 0 aromatic carbocycles. The van der Waals surface area contributed by atoms with Crippen molar-refractivity contribution in [3.8, 4) is 0 Å². The molecule has 20 heavy (non-hydrogen) atoms. The minimum atomic E-state index is -4.40. The highest BCUT2D eigenvalue weighted by Gasteiger charge is 2.28. The van der Waals surface area contributed by atoms with Crippen LogP contribution in [-0.2, 0) is 17.8 Å². The van der Waals surface area contributed by atoms with Gasteiger partial charge in [0.25, 0.3) is 0 Å². The summed E-state index contributed by atoms with van der Waals surface area (Å²) in [4.78, 5) is 15.7. The first-order valence-electron chi connectivity index (χ1n) is 6.34. The fourth-order valence-corrected chi connectivity index (χ4v) is 1.64. The molecule has 1 rings (SSSR count). The van der Waals surface area contributed by atoms with E-state index in [4.69, 9.17) is 0 Å². The van der Waals surface area contributed by atoms with Gasteiger partial charge < -0.3 is 10.6 Å². The SMILES string of the molecule is CCc1cccnc1CNC(C)C(=O)NCC(F)(F)F. The third-order valence-corrected chi connectivity index (χ3v) is 2.80. The number of aryl methyl sites for hydroxylation is 1. The van der Waals surface area contributed by atoms with Crippen molar-refractivity contribution < 1.29 is 18.0 Å². The first kappa shape index (κ1) is 16.4. The van der Waals surface area contributed by atoms with E-state index in [1.807, 2.05) is 24.4 Å².